The van der Waals surface area contributed by atoms with Crippen LogP contribution in [0.3, 0.4) is 0 Å². The molecule has 10 heteroatoms. The lowest BCUT2D eigenvalue weighted by Crippen LogP contribution is -2.41. The van der Waals surface area contributed by atoms with Crippen molar-refractivity contribution in [2.45, 2.75) is 19.2 Å². The fourth-order valence-corrected chi connectivity index (χ4v) is 3.43. The van der Waals surface area contributed by atoms with E-state index in [0.29, 0.717) is 35.9 Å². The molecule has 1 fully saturated rings. The van der Waals surface area contributed by atoms with E-state index < -0.39 is 6.36 Å². The lowest BCUT2D eigenvalue weighted by atomic mass is 9.97. The highest BCUT2D eigenvalue weighted by molar-refractivity contribution is 5.93. The predicted molar refractivity (Wildman–Crippen MR) is 106 cm³/mol. The maximum Gasteiger partial charge on any atom is 0.573 e. The minimum atomic E-state index is -4.75. The van der Waals surface area contributed by atoms with Gasteiger partial charge in [-0.25, -0.2) is 0 Å². The number of halogens is 3. The molecule has 31 heavy (non-hydrogen) atoms. The van der Waals surface area contributed by atoms with E-state index in [1.807, 2.05) is 17.0 Å². The number of hydrogen-bond donors (Lipinski definition) is 1. The molecule has 1 atom stereocenters. The zero-order valence-electron chi connectivity index (χ0n) is 16.3. The average molecular weight is 432 g/mol. The van der Waals surface area contributed by atoms with Crippen LogP contribution >= 0.6 is 0 Å². The number of anilines is 2. The van der Waals surface area contributed by atoms with E-state index >= 15 is 0 Å². The van der Waals surface area contributed by atoms with Crippen molar-refractivity contribution in [3.63, 3.8) is 0 Å². The number of carbonyl (C=O) groups excluding carboxylic acids is 1. The summed E-state index contributed by atoms with van der Waals surface area (Å²) in [7, 11) is 0. The average Bonchev–Trinajstić information content (AvgIpc) is 3.29. The molecule has 1 aliphatic rings. The van der Waals surface area contributed by atoms with E-state index in [-0.39, 0.29) is 17.6 Å². The molecule has 0 aliphatic carbocycles. The Morgan fingerprint density at radius 2 is 1.94 bits per heavy atom. The molecule has 0 spiro atoms. The van der Waals surface area contributed by atoms with Crippen molar-refractivity contribution in [1.82, 2.24) is 10.2 Å². The number of nitrogens with zero attached hydrogens (tertiary/aromatic N) is 3. The normalized spacial score (nSPS) is 16.7. The van der Waals surface area contributed by atoms with Gasteiger partial charge in [-0.05, 0) is 61.4 Å². The Kier molecular flexibility index (Phi) is 5.79. The van der Waals surface area contributed by atoms with Crippen LogP contribution in [0.25, 0.3) is 11.5 Å². The third-order valence-corrected chi connectivity index (χ3v) is 4.90. The van der Waals surface area contributed by atoms with Crippen molar-refractivity contribution in [2.24, 2.45) is 5.92 Å². The monoisotopic (exact) mass is 432 g/mol. The first-order valence-electron chi connectivity index (χ1n) is 9.66. The molecule has 3 aromatic rings. The molecule has 1 N–H and O–H groups in total. The summed E-state index contributed by atoms with van der Waals surface area (Å²) in [5.74, 6) is 0.467. The van der Waals surface area contributed by atoms with Gasteiger partial charge >= 0.3 is 6.36 Å². The smallest absolute Gasteiger partial charge is 0.463 e. The Balaban J connectivity index is 1.36. The van der Waals surface area contributed by atoms with Gasteiger partial charge in [-0.1, -0.05) is 0 Å². The third-order valence-electron chi connectivity index (χ3n) is 4.90. The van der Waals surface area contributed by atoms with E-state index in [2.05, 4.69) is 20.3 Å². The number of hydrogen-bond acceptors (Lipinski definition) is 6. The number of carbonyl (C=O) groups is 1. The number of nitrogens with one attached hydrogen (secondary N) is 1. The van der Waals surface area contributed by atoms with E-state index in [1.165, 1.54) is 12.1 Å². The van der Waals surface area contributed by atoms with Gasteiger partial charge in [-0.15, -0.1) is 23.4 Å². The molecule has 7 nitrogen and oxygen atoms in total. The number of rotatable bonds is 5. The summed E-state index contributed by atoms with van der Waals surface area (Å²) in [6.07, 6.45) is -1.68. The summed E-state index contributed by atoms with van der Waals surface area (Å²) in [6, 6.07) is 12.3. The van der Waals surface area contributed by atoms with Gasteiger partial charge in [0.1, 0.15) is 11.4 Å². The molecule has 1 aromatic carbocycles. The van der Waals surface area contributed by atoms with Crippen molar-refractivity contribution in [3.8, 4) is 17.2 Å². The first-order valence-corrected chi connectivity index (χ1v) is 9.66. The standard InChI is InChI=1S/C21H19F3N4O3/c22-21(23,24)31-16-7-5-15(6-8-16)25-20(29)14-3-1-11-28(13-14)19-10-9-17(26-27-19)18-4-2-12-30-18/h2,4-10,12,14H,1,3,11,13H2,(H,25,29)/t14-/m0/s1. The zero-order chi connectivity index (χ0) is 21.8. The van der Waals surface area contributed by atoms with Gasteiger partial charge in [-0.3, -0.25) is 4.79 Å². The summed E-state index contributed by atoms with van der Waals surface area (Å²) in [5, 5.41) is 11.2. The second-order valence-corrected chi connectivity index (χ2v) is 7.10. The molecule has 1 amide bonds. The zero-order valence-corrected chi connectivity index (χ0v) is 16.3. The molecular weight excluding hydrogens is 413 g/mol. The van der Waals surface area contributed by atoms with E-state index in [1.54, 1.807) is 18.4 Å². The van der Waals surface area contributed by atoms with Crippen LogP contribution in [0.5, 0.6) is 5.75 Å². The highest BCUT2D eigenvalue weighted by Gasteiger charge is 2.31. The lowest BCUT2D eigenvalue weighted by molar-refractivity contribution is -0.274. The molecule has 4 rings (SSSR count). The second-order valence-electron chi connectivity index (χ2n) is 7.10. The molecule has 0 radical (unpaired) electrons. The van der Waals surface area contributed by atoms with Gasteiger partial charge in [0.25, 0.3) is 0 Å². The van der Waals surface area contributed by atoms with E-state index in [0.717, 1.165) is 25.1 Å². The van der Waals surface area contributed by atoms with Gasteiger partial charge in [0.05, 0.1) is 12.2 Å². The fraction of sp³-hybridized carbons (Fsp3) is 0.286. The van der Waals surface area contributed by atoms with Gasteiger partial charge in [0, 0.05) is 18.8 Å². The number of aromatic nitrogens is 2. The molecular formula is C21H19F3N4O3. The molecule has 3 heterocycles. The third kappa shape index (κ3) is 5.33. The number of ether oxygens (including phenoxy) is 1. The van der Waals surface area contributed by atoms with Crippen LogP contribution in [-0.2, 0) is 4.79 Å². The Morgan fingerprint density at radius 3 is 2.58 bits per heavy atom. The molecule has 0 unspecified atom stereocenters. The summed E-state index contributed by atoms with van der Waals surface area (Å²) in [5.41, 5.74) is 1.03. The van der Waals surface area contributed by atoms with Crippen molar-refractivity contribution >= 4 is 17.4 Å². The summed E-state index contributed by atoms with van der Waals surface area (Å²) in [4.78, 5) is 14.7. The lowest BCUT2D eigenvalue weighted by Gasteiger charge is -2.32. The first kappa shape index (κ1) is 20.7. The predicted octanol–water partition coefficient (Wildman–Crippen LogP) is 4.49. The van der Waals surface area contributed by atoms with Crippen LogP contribution < -0.4 is 15.0 Å². The van der Waals surface area contributed by atoms with Gasteiger partial charge in [-0.2, -0.15) is 0 Å². The molecule has 1 aliphatic heterocycles. The Labute approximate surface area is 175 Å². The van der Waals surface area contributed by atoms with E-state index in [9.17, 15) is 18.0 Å². The van der Waals surface area contributed by atoms with Crippen LogP contribution in [-0.4, -0.2) is 35.6 Å². The Morgan fingerprint density at radius 1 is 1.13 bits per heavy atom. The van der Waals surface area contributed by atoms with E-state index in [4.69, 9.17) is 4.42 Å². The molecule has 0 saturated carbocycles. The number of benzene rings is 1. The van der Waals surface area contributed by atoms with Gasteiger partial charge < -0.3 is 19.4 Å². The molecule has 0 bridgehead atoms. The van der Waals surface area contributed by atoms with Gasteiger partial charge in [0.2, 0.25) is 5.91 Å². The molecule has 162 valence electrons. The molecule has 1 saturated heterocycles. The first-order chi connectivity index (χ1) is 14.9. The second kappa shape index (κ2) is 8.66. The quantitative estimate of drug-likeness (QED) is 0.640. The summed E-state index contributed by atoms with van der Waals surface area (Å²) in [6.45, 7) is 1.22. The topological polar surface area (TPSA) is 80.5 Å². The van der Waals surface area contributed by atoms with Crippen LogP contribution in [0.1, 0.15) is 12.8 Å². The van der Waals surface area contributed by atoms with Crippen molar-refractivity contribution in [2.75, 3.05) is 23.3 Å². The number of alkyl halides is 3. The number of amides is 1. The molecule has 2 aromatic heterocycles. The highest BCUT2D eigenvalue weighted by Crippen LogP contribution is 2.26. The van der Waals surface area contributed by atoms with Crippen molar-refractivity contribution in [1.29, 1.82) is 0 Å². The summed E-state index contributed by atoms with van der Waals surface area (Å²) >= 11 is 0. The maximum absolute atomic E-state index is 12.7. The minimum Gasteiger partial charge on any atom is -0.463 e. The fourth-order valence-electron chi connectivity index (χ4n) is 3.43. The van der Waals surface area contributed by atoms with Crippen LogP contribution in [0.15, 0.2) is 59.2 Å². The van der Waals surface area contributed by atoms with Crippen molar-refractivity contribution < 1.29 is 27.1 Å². The largest absolute Gasteiger partial charge is 0.573 e. The van der Waals surface area contributed by atoms with Crippen LogP contribution in [0, 0.1) is 5.92 Å². The number of furan rings is 1. The van der Waals surface area contributed by atoms with Crippen LogP contribution in [0.4, 0.5) is 24.7 Å². The Hall–Kier alpha value is -3.56. The SMILES string of the molecule is O=C(Nc1ccc(OC(F)(F)F)cc1)[C@H]1CCCN(c2ccc(-c3ccco3)nn2)C1. The highest BCUT2D eigenvalue weighted by atomic mass is 19.4. The summed E-state index contributed by atoms with van der Waals surface area (Å²) < 4.78 is 45.9. The van der Waals surface area contributed by atoms with Crippen molar-refractivity contribution in [3.05, 3.63) is 54.8 Å². The van der Waals surface area contributed by atoms with Crippen LogP contribution in [0.2, 0.25) is 0 Å². The number of piperidine rings is 1. The minimum absolute atomic E-state index is 0.200. The maximum atomic E-state index is 12.7. The Bertz CT molecular complexity index is 1010. The van der Waals surface area contributed by atoms with Gasteiger partial charge in [0.15, 0.2) is 11.6 Å².